The van der Waals surface area contributed by atoms with Gasteiger partial charge in [-0.15, -0.1) is 0 Å². The van der Waals surface area contributed by atoms with E-state index in [4.69, 9.17) is 4.74 Å². The predicted molar refractivity (Wildman–Crippen MR) is 142 cm³/mol. The minimum atomic E-state index is -0.723. The van der Waals surface area contributed by atoms with Crippen LogP contribution in [-0.4, -0.2) is 47.8 Å². The lowest BCUT2D eigenvalue weighted by Crippen LogP contribution is -2.44. The summed E-state index contributed by atoms with van der Waals surface area (Å²) >= 11 is 0. The first kappa shape index (κ1) is 26.0. The van der Waals surface area contributed by atoms with Crippen LogP contribution < -0.4 is 0 Å². The van der Waals surface area contributed by atoms with Gasteiger partial charge in [-0.3, -0.25) is 19.8 Å². The van der Waals surface area contributed by atoms with Gasteiger partial charge in [-0.1, -0.05) is 72.8 Å². The van der Waals surface area contributed by atoms with Crippen LogP contribution in [-0.2, 0) is 19.7 Å². The first-order valence-electron chi connectivity index (χ1n) is 12.4. The number of nitrogens with zero attached hydrogens (tertiary/aromatic N) is 2. The third-order valence-electron chi connectivity index (χ3n) is 6.99. The number of Topliss-reactive ketones (excluding diaryl/α,β-unsaturated/α-hetero) is 1. The lowest BCUT2D eigenvalue weighted by Gasteiger charge is -2.43. The van der Waals surface area contributed by atoms with Gasteiger partial charge in [0.1, 0.15) is 12.2 Å². The average molecular weight is 499 g/mol. The predicted octanol–water partition coefficient (Wildman–Crippen LogP) is 5.19. The average Bonchev–Trinajstić information content (AvgIpc) is 2.93. The molecule has 0 radical (unpaired) electrons. The van der Waals surface area contributed by atoms with E-state index in [9.17, 15) is 19.7 Å². The molecule has 0 N–H and O–H groups in total. The highest BCUT2D eigenvalue weighted by Gasteiger charge is 2.37. The van der Waals surface area contributed by atoms with Crippen LogP contribution >= 0.6 is 0 Å². The molecule has 0 aromatic heterocycles. The molecular formula is C30H30N2O5. The van der Waals surface area contributed by atoms with E-state index >= 15 is 0 Å². The lowest BCUT2D eigenvalue weighted by atomic mass is 9.68. The van der Waals surface area contributed by atoms with Crippen LogP contribution in [0.25, 0.3) is 6.08 Å². The zero-order valence-electron chi connectivity index (χ0n) is 20.8. The molecule has 0 spiro atoms. The van der Waals surface area contributed by atoms with Gasteiger partial charge in [0.15, 0.2) is 5.78 Å². The third-order valence-corrected chi connectivity index (χ3v) is 6.99. The van der Waals surface area contributed by atoms with E-state index in [1.807, 2.05) is 12.1 Å². The Morgan fingerprint density at radius 3 is 2.08 bits per heavy atom. The van der Waals surface area contributed by atoms with Crippen molar-refractivity contribution in [3.63, 3.8) is 0 Å². The zero-order chi connectivity index (χ0) is 26.3. The Balaban J connectivity index is 1.38. The highest BCUT2D eigenvalue weighted by atomic mass is 16.6. The number of rotatable bonds is 9. The second-order valence-corrected chi connectivity index (χ2v) is 9.26. The first-order valence-corrected chi connectivity index (χ1v) is 12.4. The number of piperidine rings is 1. The largest absolute Gasteiger partial charge is 0.461 e. The van der Waals surface area contributed by atoms with Gasteiger partial charge in [0.2, 0.25) is 0 Å². The second-order valence-electron chi connectivity index (χ2n) is 9.26. The van der Waals surface area contributed by atoms with Gasteiger partial charge in [0.05, 0.1) is 4.92 Å². The van der Waals surface area contributed by atoms with E-state index in [1.165, 1.54) is 42.3 Å². The summed E-state index contributed by atoms with van der Waals surface area (Å²) in [6, 6.07) is 27.0. The van der Waals surface area contributed by atoms with E-state index in [0.717, 1.165) is 25.9 Å². The molecule has 0 amide bonds. The summed E-state index contributed by atoms with van der Waals surface area (Å²) in [4.78, 5) is 37.5. The molecule has 190 valence electrons. The van der Waals surface area contributed by atoms with E-state index < -0.39 is 16.7 Å². The van der Waals surface area contributed by atoms with Crippen molar-refractivity contribution >= 4 is 23.5 Å². The number of carbonyl (C=O) groups excluding carboxylic acids is 2. The van der Waals surface area contributed by atoms with Gasteiger partial charge in [0.25, 0.3) is 5.69 Å². The SMILES string of the molecule is CC(=O)C(=Cc1cccc([N+](=O)[O-])c1)C(=O)OCCN1CCC(c2ccccc2)(c2ccccc2)CC1. The monoisotopic (exact) mass is 498 g/mol. The fourth-order valence-electron chi connectivity index (χ4n) is 4.96. The molecule has 1 heterocycles. The molecule has 0 aliphatic carbocycles. The number of nitro groups is 1. The van der Waals surface area contributed by atoms with E-state index in [0.29, 0.717) is 12.1 Å². The van der Waals surface area contributed by atoms with Crippen LogP contribution in [0.2, 0.25) is 0 Å². The summed E-state index contributed by atoms with van der Waals surface area (Å²) in [5, 5.41) is 11.0. The van der Waals surface area contributed by atoms with E-state index in [2.05, 4.69) is 53.4 Å². The molecule has 4 rings (SSSR count). The Morgan fingerprint density at radius 2 is 1.54 bits per heavy atom. The Kier molecular flexibility index (Phi) is 8.25. The van der Waals surface area contributed by atoms with Crippen molar-refractivity contribution in [3.8, 4) is 0 Å². The van der Waals surface area contributed by atoms with Crippen LogP contribution in [0, 0.1) is 10.1 Å². The Morgan fingerprint density at radius 1 is 0.946 bits per heavy atom. The molecular weight excluding hydrogens is 468 g/mol. The van der Waals surface area contributed by atoms with Gasteiger partial charge < -0.3 is 4.74 Å². The van der Waals surface area contributed by atoms with Gasteiger partial charge in [-0.25, -0.2) is 4.79 Å². The van der Waals surface area contributed by atoms with E-state index in [-0.39, 0.29) is 23.3 Å². The fourth-order valence-corrected chi connectivity index (χ4v) is 4.96. The maximum absolute atomic E-state index is 12.7. The number of ether oxygens (including phenoxy) is 1. The maximum Gasteiger partial charge on any atom is 0.341 e. The minimum Gasteiger partial charge on any atom is -0.461 e. The topological polar surface area (TPSA) is 89.8 Å². The van der Waals surface area contributed by atoms with Gasteiger partial charge >= 0.3 is 5.97 Å². The number of hydrogen-bond acceptors (Lipinski definition) is 6. The molecule has 1 aliphatic heterocycles. The third kappa shape index (κ3) is 6.19. The van der Waals surface area contributed by atoms with Crippen molar-refractivity contribution in [1.82, 2.24) is 4.90 Å². The second kappa shape index (κ2) is 11.8. The van der Waals surface area contributed by atoms with Crippen molar-refractivity contribution in [3.05, 3.63) is 117 Å². The zero-order valence-corrected chi connectivity index (χ0v) is 20.8. The van der Waals surface area contributed by atoms with Crippen LogP contribution in [0.15, 0.2) is 90.5 Å². The Bertz CT molecular complexity index is 1240. The molecule has 37 heavy (non-hydrogen) atoms. The van der Waals surface area contributed by atoms with Gasteiger partial charge in [-0.05, 0) is 55.6 Å². The number of hydrogen-bond donors (Lipinski definition) is 0. The van der Waals surface area contributed by atoms with Crippen LogP contribution in [0.3, 0.4) is 0 Å². The smallest absolute Gasteiger partial charge is 0.341 e. The van der Waals surface area contributed by atoms with Crippen LogP contribution in [0.4, 0.5) is 5.69 Å². The highest BCUT2D eigenvalue weighted by Crippen LogP contribution is 2.41. The van der Waals surface area contributed by atoms with Crippen molar-refractivity contribution in [2.24, 2.45) is 0 Å². The van der Waals surface area contributed by atoms with Gasteiger partial charge in [0, 0.05) is 24.1 Å². The number of likely N-dealkylation sites (tertiary alicyclic amines) is 1. The van der Waals surface area contributed by atoms with Crippen molar-refractivity contribution in [1.29, 1.82) is 0 Å². The van der Waals surface area contributed by atoms with Crippen molar-refractivity contribution in [2.45, 2.75) is 25.2 Å². The molecule has 1 aliphatic rings. The molecule has 3 aromatic carbocycles. The van der Waals surface area contributed by atoms with Crippen LogP contribution in [0.5, 0.6) is 0 Å². The van der Waals surface area contributed by atoms with Crippen LogP contribution in [0.1, 0.15) is 36.5 Å². The number of nitro benzene ring substituents is 1. The number of non-ortho nitro benzene ring substituents is 1. The van der Waals surface area contributed by atoms with Gasteiger partial charge in [-0.2, -0.15) is 0 Å². The molecule has 3 aromatic rings. The number of ketones is 1. The summed E-state index contributed by atoms with van der Waals surface area (Å²) in [6.07, 6.45) is 3.23. The molecule has 1 saturated heterocycles. The molecule has 7 heteroatoms. The number of carbonyl (C=O) groups is 2. The molecule has 0 unspecified atom stereocenters. The Labute approximate surface area is 216 Å². The standard InChI is InChI=1S/C30H30N2O5/c1-23(33)28(22-24-9-8-14-27(21-24)32(35)36)29(34)37-20-19-31-17-15-30(16-18-31,25-10-4-2-5-11-25)26-12-6-3-7-13-26/h2-14,21-22H,15-20H2,1H3. The maximum atomic E-state index is 12.7. The molecule has 0 atom stereocenters. The summed E-state index contributed by atoms with van der Waals surface area (Å²) < 4.78 is 5.44. The number of benzene rings is 3. The minimum absolute atomic E-state index is 0.0570. The normalized spacial score (nSPS) is 15.6. The first-order chi connectivity index (χ1) is 17.9. The molecule has 1 fully saturated rings. The number of esters is 1. The summed E-state index contributed by atoms with van der Waals surface area (Å²) in [5.41, 5.74) is 2.71. The Hall–Kier alpha value is -4.10. The molecule has 0 bridgehead atoms. The summed E-state index contributed by atoms with van der Waals surface area (Å²) in [7, 11) is 0. The van der Waals surface area contributed by atoms with E-state index in [1.54, 1.807) is 6.07 Å². The van der Waals surface area contributed by atoms with Crippen molar-refractivity contribution in [2.75, 3.05) is 26.2 Å². The fraction of sp³-hybridized carbons (Fsp3) is 0.267. The lowest BCUT2D eigenvalue weighted by molar-refractivity contribution is -0.384. The molecule has 7 nitrogen and oxygen atoms in total. The summed E-state index contributed by atoms with van der Waals surface area (Å²) in [6.45, 7) is 3.70. The quantitative estimate of drug-likeness (QED) is 0.101. The highest BCUT2D eigenvalue weighted by molar-refractivity contribution is 6.19. The molecule has 0 saturated carbocycles. The summed E-state index contributed by atoms with van der Waals surface area (Å²) in [5.74, 6) is -1.18. The van der Waals surface area contributed by atoms with Crippen molar-refractivity contribution < 1.29 is 19.2 Å².